The second-order valence-electron chi connectivity index (χ2n) is 12.2. The summed E-state index contributed by atoms with van der Waals surface area (Å²) in [7, 11) is 0. The van der Waals surface area contributed by atoms with Crippen LogP contribution in [0.4, 0.5) is 14.9 Å². The second kappa shape index (κ2) is 11.5. The van der Waals surface area contributed by atoms with Gasteiger partial charge in [0, 0.05) is 23.0 Å². The third-order valence-corrected chi connectivity index (χ3v) is 7.47. The molecule has 11 heteroatoms. The molecule has 0 aliphatic carbocycles. The van der Waals surface area contributed by atoms with Gasteiger partial charge in [-0.05, 0) is 99.1 Å². The molecule has 2 atom stereocenters. The van der Waals surface area contributed by atoms with Crippen molar-refractivity contribution in [3.8, 4) is 27.0 Å². The van der Waals surface area contributed by atoms with E-state index in [1.807, 2.05) is 53.7 Å². The zero-order chi connectivity index (χ0) is 30.3. The maximum absolute atomic E-state index is 15.3. The van der Waals surface area contributed by atoms with Gasteiger partial charge in [-0.1, -0.05) is 11.3 Å². The summed E-state index contributed by atoms with van der Waals surface area (Å²) in [5.41, 5.74) is 2.36. The first kappa shape index (κ1) is 30.6. The fourth-order valence-electron chi connectivity index (χ4n) is 4.88. The average molecular weight is 586 g/mol. The fourth-order valence-corrected chi connectivity index (χ4v) is 5.76. The van der Waals surface area contributed by atoms with E-state index < -0.39 is 29.3 Å². The van der Waals surface area contributed by atoms with Gasteiger partial charge in [-0.2, -0.15) is 0 Å². The lowest BCUT2D eigenvalue weighted by Crippen LogP contribution is -2.52. The van der Waals surface area contributed by atoms with Crippen LogP contribution < -0.4 is 10.1 Å². The van der Waals surface area contributed by atoms with Crippen LogP contribution in [0.3, 0.4) is 0 Å². The van der Waals surface area contributed by atoms with Gasteiger partial charge >= 0.3 is 6.09 Å². The molecule has 1 N–H and O–H groups in total. The first-order valence-corrected chi connectivity index (χ1v) is 14.6. The van der Waals surface area contributed by atoms with Crippen LogP contribution in [0, 0.1) is 19.7 Å². The Kier molecular flexibility index (Phi) is 8.61. The van der Waals surface area contributed by atoms with Crippen LogP contribution in [0.1, 0.15) is 66.6 Å². The zero-order valence-electron chi connectivity index (χ0n) is 25.5. The van der Waals surface area contributed by atoms with Gasteiger partial charge in [-0.15, -0.1) is 10.2 Å². The zero-order valence-corrected chi connectivity index (χ0v) is 26.3. The smallest absolute Gasteiger partial charge is 0.413 e. The van der Waals surface area contributed by atoms with E-state index in [2.05, 4.69) is 34.3 Å². The van der Waals surface area contributed by atoms with Gasteiger partial charge in [-0.25, -0.2) is 9.18 Å². The maximum atomic E-state index is 15.3. The number of amides is 1. The number of ether oxygens (including phenoxy) is 3. The molecule has 1 aromatic carbocycles. The summed E-state index contributed by atoms with van der Waals surface area (Å²) in [5.74, 6) is -0.448. The standard InChI is InChI=1S/C30H40FN5O4S/c1-16(2)32-20-12-18(4)33-23(13-20)27-35-34-26(41-27)21-14-22(31)25(11-17(21)3)38-15-24-19(5)39-30(9,10)36(24)28(37)40-29(6,7)8/h11-14,16,19,24H,15H2,1-10H3,(H,32,33)/t19-,24-/m0/s1. The molecular formula is C30H40FN5O4S. The van der Waals surface area contributed by atoms with Crippen LogP contribution in [0.5, 0.6) is 5.75 Å². The summed E-state index contributed by atoms with van der Waals surface area (Å²) >= 11 is 1.35. The molecule has 1 amide bonds. The molecule has 1 aliphatic rings. The topological polar surface area (TPSA) is 98.7 Å². The molecule has 4 rings (SSSR count). The molecule has 1 aliphatic heterocycles. The summed E-state index contributed by atoms with van der Waals surface area (Å²) in [4.78, 5) is 19.2. The van der Waals surface area contributed by atoms with Gasteiger partial charge in [0.05, 0.1) is 12.1 Å². The van der Waals surface area contributed by atoms with E-state index in [4.69, 9.17) is 14.2 Å². The van der Waals surface area contributed by atoms with Crippen molar-refractivity contribution < 1.29 is 23.4 Å². The van der Waals surface area contributed by atoms with Crippen LogP contribution in [0.25, 0.3) is 21.3 Å². The minimum absolute atomic E-state index is 0.0360. The SMILES string of the molecule is Cc1cc(NC(C)C)cc(-c2nnc(-c3cc(F)c(OC[C@H]4[C@H](C)OC(C)(C)N4C(=O)OC(C)(C)C)cc3C)s2)n1. The number of benzene rings is 1. The third kappa shape index (κ3) is 7.13. The maximum Gasteiger partial charge on any atom is 0.413 e. The van der Waals surface area contributed by atoms with Crippen LogP contribution in [-0.4, -0.2) is 62.3 Å². The van der Waals surface area contributed by atoms with Crippen LogP contribution in [0.2, 0.25) is 0 Å². The molecule has 41 heavy (non-hydrogen) atoms. The van der Waals surface area contributed by atoms with E-state index in [9.17, 15) is 4.79 Å². The minimum Gasteiger partial charge on any atom is -0.488 e. The Hall–Kier alpha value is -3.31. The number of aryl methyl sites for hydroxylation is 2. The molecule has 222 valence electrons. The van der Waals surface area contributed by atoms with Crippen molar-refractivity contribution in [2.75, 3.05) is 11.9 Å². The Morgan fingerprint density at radius 1 is 1.17 bits per heavy atom. The lowest BCUT2D eigenvalue weighted by atomic mass is 10.1. The number of pyridine rings is 1. The number of halogens is 1. The lowest BCUT2D eigenvalue weighted by molar-refractivity contribution is -0.0760. The molecule has 1 fully saturated rings. The number of nitrogens with zero attached hydrogens (tertiary/aromatic N) is 4. The average Bonchev–Trinajstić information content (AvgIpc) is 3.39. The predicted octanol–water partition coefficient (Wildman–Crippen LogP) is 6.98. The van der Waals surface area contributed by atoms with Crippen molar-refractivity contribution in [2.24, 2.45) is 0 Å². The number of nitrogens with one attached hydrogen (secondary N) is 1. The van der Waals surface area contributed by atoms with Crippen molar-refractivity contribution in [1.29, 1.82) is 0 Å². The summed E-state index contributed by atoms with van der Waals surface area (Å²) in [6, 6.07) is 6.78. The van der Waals surface area contributed by atoms with Crippen LogP contribution in [-0.2, 0) is 9.47 Å². The predicted molar refractivity (Wildman–Crippen MR) is 159 cm³/mol. The number of rotatable bonds is 7. The molecule has 0 unspecified atom stereocenters. The molecular weight excluding hydrogens is 545 g/mol. The summed E-state index contributed by atoms with van der Waals surface area (Å²) in [6.45, 7) is 18.9. The summed E-state index contributed by atoms with van der Waals surface area (Å²) in [5, 5.41) is 13.3. The van der Waals surface area contributed by atoms with E-state index in [-0.39, 0.29) is 24.5 Å². The number of carbonyl (C=O) groups excluding carboxylic acids is 1. The van der Waals surface area contributed by atoms with E-state index in [1.165, 1.54) is 22.3 Å². The number of hydrogen-bond acceptors (Lipinski definition) is 9. The highest BCUT2D eigenvalue weighted by Gasteiger charge is 2.50. The molecule has 3 heterocycles. The van der Waals surface area contributed by atoms with Crippen molar-refractivity contribution in [3.05, 3.63) is 41.3 Å². The first-order chi connectivity index (χ1) is 19.0. The molecule has 0 radical (unpaired) electrons. The van der Waals surface area contributed by atoms with Crippen molar-refractivity contribution in [1.82, 2.24) is 20.1 Å². The molecule has 0 saturated carbocycles. The van der Waals surface area contributed by atoms with E-state index >= 15 is 4.39 Å². The van der Waals surface area contributed by atoms with Gasteiger partial charge in [0.1, 0.15) is 28.6 Å². The molecule has 2 aromatic heterocycles. The normalized spacial score (nSPS) is 18.6. The van der Waals surface area contributed by atoms with Crippen LogP contribution >= 0.6 is 11.3 Å². The molecule has 0 bridgehead atoms. The number of hydrogen-bond donors (Lipinski definition) is 1. The van der Waals surface area contributed by atoms with Gasteiger partial charge in [0.25, 0.3) is 0 Å². The first-order valence-electron chi connectivity index (χ1n) is 13.8. The Bertz CT molecular complexity index is 1420. The summed E-state index contributed by atoms with van der Waals surface area (Å²) < 4.78 is 32.9. The Morgan fingerprint density at radius 3 is 2.51 bits per heavy atom. The van der Waals surface area contributed by atoms with E-state index in [0.717, 1.165) is 16.9 Å². The monoisotopic (exact) mass is 585 g/mol. The largest absolute Gasteiger partial charge is 0.488 e. The highest BCUT2D eigenvalue weighted by atomic mass is 32.1. The van der Waals surface area contributed by atoms with Gasteiger partial charge in [0.2, 0.25) is 0 Å². The van der Waals surface area contributed by atoms with E-state index in [0.29, 0.717) is 21.3 Å². The van der Waals surface area contributed by atoms with Crippen LogP contribution in [0.15, 0.2) is 24.3 Å². The number of carbonyl (C=O) groups is 1. The number of anilines is 1. The van der Waals surface area contributed by atoms with Crippen molar-refractivity contribution in [2.45, 2.75) is 98.8 Å². The lowest BCUT2D eigenvalue weighted by Gasteiger charge is -2.35. The Morgan fingerprint density at radius 2 is 1.85 bits per heavy atom. The Balaban J connectivity index is 1.53. The molecule has 3 aromatic rings. The Labute approximate surface area is 245 Å². The van der Waals surface area contributed by atoms with Crippen molar-refractivity contribution in [3.63, 3.8) is 0 Å². The third-order valence-electron chi connectivity index (χ3n) is 6.49. The quantitative estimate of drug-likeness (QED) is 0.317. The molecule has 1 saturated heterocycles. The molecule has 0 spiro atoms. The summed E-state index contributed by atoms with van der Waals surface area (Å²) in [6.07, 6.45) is -0.845. The van der Waals surface area contributed by atoms with E-state index in [1.54, 1.807) is 19.9 Å². The minimum atomic E-state index is -0.901. The van der Waals surface area contributed by atoms with Gasteiger partial charge in [0.15, 0.2) is 16.6 Å². The highest BCUT2D eigenvalue weighted by molar-refractivity contribution is 7.17. The highest BCUT2D eigenvalue weighted by Crippen LogP contribution is 2.37. The number of aromatic nitrogens is 3. The van der Waals surface area contributed by atoms with Gasteiger partial charge < -0.3 is 19.5 Å². The molecule has 9 nitrogen and oxygen atoms in total. The van der Waals surface area contributed by atoms with Gasteiger partial charge in [-0.3, -0.25) is 9.88 Å². The fraction of sp³-hybridized carbons (Fsp3) is 0.533. The second-order valence-corrected chi connectivity index (χ2v) is 13.2. The van der Waals surface area contributed by atoms with Crippen molar-refractivity contribution >= 4 is 23.1 Å².